The number of benzene rings is 3. The number of nitrogens with zero attached hydrogens (tertiary/aromatic N) is 5. The largest absolute Gasteiger partial charge is 0.316 e. The summed E-state index contributed by atoms with van der Waals surface area (Å²) in [5.41, 5.74) is 5.38. The van der Waals surface area contributed by atoms with Crippen LogP contribution >= 0.6 is 0 Å². The van der Waals surface area contributed by atoms with Crippen molar-refractivity contribution in [3.8, 4) is 11.6 Å². The first-order chi connectivity index (χ1) is 15.9. The first kappa shape index (κ1) is 17.2. The third-order valence-electron chi connectivity index (χ3n) is 6.10. The number of aromatic nitrogens is 5. The molecule has 0 fully saturated rings. The van der Waals surface area contributed by atoms with Crippen molar-refractivity contribution < 1.29 is 0 Å². The van der Waals surface area contributed by atoms with Crippen LogP contribution in [0.2, 0.25) is 0 Å². The zero-order valence-corrected chi connectivity index (χ0v) is 17.1. The lowest BCUT2D eigenvalue weighted by molar-refractivity contribution is 1.01. The van der Waals surface area contributed by atoms with Crippen molar-refractivity contribution in [2.24, 2.45) is 0 Å². The van der Waals surface area contributed by atoms with E-state index in [1.807, 2.05) is 18.3 Å². The number of pyridine rings is 1. The highest BCUT2D eigenvalue weighted by Gasteiger charge is 2.18. The molecule has 0 unspecified atom stereocenters. The van der Waals surface area contributed by atoms with Gasteiger partial charge >= 0.3 is 0 Å². The van der Waals surface area contributed by atoms with E-state index in [2.05, 4.69) is 87.0 Å². The second-order valence-corrected chi connectivity index (χ2v) is 7.87. The molecule has 5 nitrogen and oxygen atoms in total. The second-order valence-electron chi connectivity index (χ2n) is 7.87. The summed E-state index contributed by atoms with van der Waals surface area (Å²) in [6.07, 6.45) is 7.54. The van der Waals surface area contributed by atoms with Gasteiger partial charge in [0.2, 0.25) is 5.95 Å². The number of hydrogen-bond acceptors (Lipinski definition) is 3. The first-order valence-corrected chi connectivity index (χ1v) is 10.5. The predicted molar refractivity (Wildman–Crippen MR) is 129 cm³/mol. The standard InChI is InChI=1S/C27H17N5/c1-2-6-19(7-3-1)31-15-13-22-24(31)11-10-21-20-8-4-5-9-25(20)32(26(21)22)27-29-17-18-16-28-14-12-23(18)30-27/h1-17H. The summed E-state index contributed by atoms with van der Waals surface area (Å²) in [7, 11) is 0. The Labute approximate surface area is 183 Å². The summed E-state index contributed by atoms with van der Waals surface area (Å²) >= 11 is 0. The Morgan fingerprint density at radius 1 is 0.656 bits per heavy atom. The van der Waals surface area contributed by atoms with E-state index in [1.165, 1.54) is 16.2 Å². The lowest BCUT2D eigenvalue weighted by atomic mass is 10.1. The number of rotatable bonds is 2. The van der Waals surface area contributed by atoms with Crippen LogP contribution in [-0.2, 0) is 0 Å². The molecule has 0 aliphatic rings. The Bertz CT molecular complexity index is 1780. The minimum atomic E-state index is 0.662. The molecule has 3 aromatic carbocycles. The van der Waals surface area contributed by atoms with E-state index in [0.29, 0.717) is 5.95 Å². The van der Waals surface area contributed by atoms with Crippen molar-refractivity contribution in [2.75, 3.05) is 0 Å². The molecule has 0 aliphatic heterocycles. The summed E-state index contributed by atoms with van der Waals surface area (Å²) in [5, 5.41) is 4.48. The molecule has 0 atom stereocenters. The molecular formula is C27H17N5. The first-order valence-electron chi connectivity index (χ1n) is 10.5. The third kappa shape index (κ3) is 2.36. The van der Waals surface area contributed by atoms with Crippen LogP contribution in [-0.4, -0.2) is 24.1 Å². The highest BCUT2D eigenvalue weighted by atomic mass is 15.2. The fourth-order valence-corrected chi connectivity index (χ4v) is 4.67. The van der Waals surface area contributed by atoms with E-state index in [4.69, 9.17) is 9.97 Å². The van der Waals surface area contributed by atoms with Crippen molar-refractivity contribution in [1.82, 2.24) is 24.1 Å². The van der Waals surface area contributed by atoms with Crippen LogP contribution in [0, 0.1) is 0 Å². The summed E-state index contributed by atoms with van der Waals surface area (Å²) < 4.78 is 4.41. The number of para-hydroxylation sites is 2. The van der Waals surface area contributed by atoms with Gasteiger partial charge in [-0.2, -0.15) is 0 Å². The molecule has 0 bridgehead atoms. The van der Waals surface area contributed by atoms with Crippen LogP contribution < -0.4 is 0 Å². The van der Waals surface area contributed by atoms with Crippen LogP contribution in [0.15, 0.2) is 104 Å². The zero-order chi connectivity index (χ0) is 21.1. The molecule has 32 heavy (non-hydrogen) atoms. The van der Waals surface area contributed by atoms with Gasteiger partial charge < -0.3 is 4.57 Å². The van der Waals surface area contributed by atoms with Gasteiger partial charge in [-0.05, 0) is 36.4 Å². The number of fused-ring (bicyclic) bond motifs is 6. The summed E-state index contributed by atoms with van der Waals surface area (Å²) in [5.74, 6) is 0.662. The predicted octanol–water partition coefficient (Wildman–Crippen LogP) is 6.07. The van der Waals surface area contributed by atoms with Gasteiger partial charge in [-0.15, -0.1) is 0 Å². The topological polar surface area (TPSA) is 48.5 Å². The molecule has 5 heteroatoms. The summed E-state index contributed by atoms with van der Waals surface area (Å²) in [4.78, 5) is 13.8. The van der Waals surface area contributed by atoms with Crippen molar-refractivity contribution in [2.45, 2.75) is 0 Å². The van der Waals surface area contributed by atoms with Gasteiger partial charge in [0, 0.05) is 52.0 Å². The molecule has 0 aliphatic carbocycles. The van der Waals surface area contributed by atoms with E-state index in [1.54, 1.807) is 12.4 Å². The average molecular weight is 411 g/mol. The second kappa shape index (κ2) is 6.49. The van der Waals surface area contributed by atoms with E-state index < -0.39 is 0 Å². The monoisotopic (exact) mass is 411 g/mol. The molecule has 0 saturated carbocycles. The van der Waals surface area contributed by atoms with Gasteiger partial charge in [0.15, 0.2) is 0 Å². The lowest BCUT2D eigenvalue weighted by Gasteiger charge is -2.09. The van der Waals surface area contributed by atoms with Gasteiger partial charge in [-0.3, -0.25) is 9.55 Å². The van der Waals surface area contributed by atoms with E-state index in [9.17, 15) is 0 Å². The van der Waals surface area contributed by atoms with Gasteiger partial charge in [-0.1, -0.05) is 42.5 Å². The van der Waals surface area contributed by atoms with E-state index in [0.717, 1.165) is 33.1 Å². The molecule has 4 aromatic heterocycles. The van der Waals surface area contributed by atoms with Crippen molar-refractivity contribution in [3.63, 3.8) is 0 Å². The Hall–Kier alpha value is -4.51. The molecule has 0 N–H and O–H groups in total. The van der Waals surface area contributed by atoms with E-state index in [-0.39, 0.29) is 0 Å². The van der Waals surface area contributed by atoms with Gasteiger partial charge in [0.05, 0.1) is 22.1 Å². The van der Waals surface area contributed by atoms with Crippen LogP contribution in [0.25, 0.3) is 55.2 Å². The third-order valence-corrected chi connectivity index (χ3v) is 6.10. The highest BCUT2D eigenvalue weighted by molar-refractivity contribution is 6.18. The lowest BCUT2D eigenvalue weighted by Crippen LogP contribution is -2.01. The molecule has 150 valence electrons. The van der Waals surface area contributed by atoms with Crippen molar-refractivity contribution in [1.29, 1.82) is 0 Å². The maximum Gasteiger partial charge on any atom is 0.235 e. The molecule has 0 spiro atoms. The zero-order valence-electron chi connectivity index (χ0n) is 17.1. The van der Waals surface area contributed by atoms with Crippen LogP contribution in [0.4, 0.5) is 0 Å². The fourth-order valence-electron chi connectivity index (χ4n) is 4.67. The normalized spacial score (nSPS) is 11.8. The SMILES string of the molecule is c1ccc(-n2ccc3c2ccc2c4ccccc4n(-c4ncc5cnccc5n4)c23)cc1. The van der Waals surface area contributed by atoms with Crippen LogP contribution in [0.1, 0.15) is 0 Å². The average Bonchev–Trinajstić information content (AvgIpc) is 3.44. The van der Waals surface area contributed by atoms with Gasteiger partial charge in [0.1, 0.15) is 0 Å². The maximum absolute atomic E-state index is 4.89. The summed E-state index contributed by atoms with van der Waals surface area (Å²) in [6.45, 7) is 0. The quantitative estimate of drug-likeness (QED) is 0.347. The van der Waals surface area contributed by atoms with Gasteiger partial charge in [-0.25, -0.2) is 9.97 Å². The van der Waals surface area contributed by atoms with Crippen molar-refractivity contribution in [3.05, 3.63) is 104 Å². The Morgan fingerprint density at radius 2 is 1.53 bits per heavy atom. The molecule has 0 amide bonds. The Balaban J connectivity index is 1.62. The Morgan fingerprint density at radius 3 is 2.47 bits per heavy atom. The van der Waals surface area contributed by atoms with Crippen molar-refractivity contribution >= 4 is 43.6 Å². The minimum Gasteiger partial charge on any atom is -0.316 e. The smallest absolute Gasteiger partial charge is 0.235 e. The number of hydrogen-bond donors (Lipinski definition) is 0. The van der Waals surface area contributed by atoms with Crippen LogP contribution in [0.3, 0.4) is 0 Å². The fraction of sp³-hybridized carbons (Fsp3) is 0. The summed E-state index contributed by atoms with van der Waals surface area (Å²) in [6, 6.07) is 27.4. The highest BCUT2D eigenvalue weighted by Crippen LogP contribution is 2.36. The molecular weight excluding hydrogens is 394 g/mol. The Kier molecular flexibility index (Phi) is 3.49. The molecule has 4 heterocycles. The van der Waals surface area contributed by atoms with Crippen LogP contribution in [0.5, 0.6) is 0 Å². The molecule has 7 rings (SSSR count). The maximum atomic E-state index is 4.89. The molecule has 7 aromatic rings. The minimum absolute atomic E-state index is 0.662. The van der Waals surface area contributed by atoms with E-state index >= 15 is 0 Å². The molecule has 0 radical (unpaired) electrons. The van der Waals surface area contributed by atoms with Gasteiger partial charge in [0.25, 0.3) is 0 Å². The molecule has 0 saturated heterocycles.